The predicted octanol–water partition coefficient (Wildman–Crippen LogP) is 2.40. The molecule has 1 aromatic rings. The van der Waals surface area contributed by atoms with Gasteiger partial charge in [-0.3, -0.25) is 0 Å². The summed E-state index contributed by atoms with van der Waals surface area (Å²) in [4.78, 5) is 10.6. The molecule has 0 amide bonds. The molecule has 0 aliphatic carbocycles. The SMILES string of the molecule is CC(C)Oc1cc(C2CCCNC2)ccc1OCC(=O)O. The molecule has 0 saturated carbocycles. The van der Waals surface area contributed by atoms with E-state index in [1.165, 1.54) is 12.0 Å². The molecular weight excluding hydrogens is 270 g/mol. The second-order valence-corrected chi connectivity index (χ2v) is 5.60. The molecule has 2 N–H and O–H groups in total. The van der Waals surface area contributed by atoms with Crippen molar-refractivity contribution in [1.82, 2.24) is 5.32 Å². The van der Waals surface area contributed by atoms with Gasteiger partial charge in [-0.2, -0.15) is 0 Å². The summed E-state index contributed by atoms with van der Waals surface area (Å²) in [5.41, 5.74) is 1.21. The van der Waals surface area contributed by atoms with Crippen LogP contribution < -0.4 is 14.8 Å². The van der Waals surface area contributed by atoms with Gasteiger partial charge in [-0.05, 0) is 56.8 Å². The summed E-state index contributed by atoms with van der Waals surface area (Å²) in [5, 5.41) is 12.1. The Morgan fingerprint density at radius 1 is 1.43 bits per heavy atom. The first-order valence-electron chi connectivity index (χ1n) is 7.42. The minimum Gasteiger partial charge on any atom is -0.487 e. The highest BCUT2D eigenvalue weighted by Crippen LogP contribution is 2.33. The van der Waals surface area contributed by atoms with Crippen molar-refractivity contribution in [1.29, 1.82) is 0 Å². The zero-order valence-corrected chi connectivity index (χ0v) is 12.6. The number of hydrogen-bond acceptors (Lipinski definition) is 4. The first-order valence-corrected chi connectivity index (χ1v) is 7.42. The number of carboxylic acid groups (broad SMARTS) is 1. The van der Waals surface area contributed by atoms with Crippen LogP contribution in [0, 0.1) is 0 Å². The van der Waals surface area contributed by atoms with E-state index in [1.807, 2.05) is 32.0 Å². The van der Waals surface area contributed by atoms with Gasteiger partial charge in [-0.15, -0.1) is 0 Å². The van der Waals surface area contributed by atoms with Gasteiger partial charge < -0.3 is 19.9 Å². The van der Waals surface area contributed by atoms with Crippen LogP contribution >= 0.6 is 0 Å². The molecule has 0 radical (unpaired) electrons. The van der Waals surface area contributed by atoms with Crippen LogP contribution in [0.5, 0.6) is 11.5 Å². The number of carbonyl (C=O) groups is 1. The van der Waals surface area contributed by atoms with Gasteiger partial charge in [0.2, 0.25) is 0 Å². The van der Waals surface area contributed by atoms with Crippen LogP contribution in [0.25, 0.3) is 0 Å². The molecule has 5 nitrogen and oxygen atoms in total. The fourth-order valence-electron chi connectivity index (χ4n) is 2.52. The van der Waals surface area contributed by atoms with Crippen molar-refractivity contribution < 1.29 is 19.4 Å². The summed E-state index contributed by atoms with van der Waals surface area (Å²) in [6.07, 6.45) is 2.34. The normalized spacial score (nSPS) is 18.5. The third-order valence-corrected chi connectivity index (χ3v) is 3.45. The molecule has 1 atom stereocenters. The van der Waals surface area contributed by atoms with E-state index in [1.54, 1.807) is 0 Å². The molecule has 1 aromatic carbocycles. The highest BCUT2D eigenvalue weighted by Gasteiger charge is 2.18. The quantitative estimate of drug-likeness (QED) is 0.843. The maximum absolute atomic E-state index is 10.6. The molecular formula is C16H23NO4. The van der Waals surface area contributed by atoms with Crippen LogP contribution in [0.3, 0.4) is 0 Å². The summed E-state index contributed by atoms with van der Waals surface area (Å²) >= 11 is 0. The standard InChI is InChI=1S/C16H23NO4/c1-11(2)21-15-8-12(13-4-3-7-17-9-13)5-6-14(15)20-10-16(18)19/h5-6,8,11,13,17H,3-4,7,9-10H2,1-2H3,(H,18,19). The lowest BCUT2D eigenvalue weighted by atomic mass is 9.91. The molecule has 2 rings (SSSR count). The highest BCUT2D eigenvalue weighted by atomic mass is 16.5. The van der Waals surface area contributed by atoms with Crippen molar-refractivity contribution in [2.24, 2.45) is 0 Å². The topological polar surface area (TPSA) is 67.8 Å². The molecule has 0 bridgehead atoms. The van der Waals surface area contributed by atoms with Gasteiger partial charge in [0, 0.05) is 6.54 Å². The van der Waals surface area contributed by atoms with Crippen molar-refractivity contribution in [2.75, 3.05) is 19.7 Å². The van der Waals surface area contributed by atoms with Crippen LogP contribution in [0.1, 0.15) is 38.2 Å². The van der Waals surface area contributed by atoms with Crippen molar-refractivity contribution in [3.8, 4) is 11.5 Å². The van der Waals surface area contributed by atoms with Gasteiger partial charge in [-0.1, -0.05) is 6.07 Å². The zero-order valence-electron chi connectivity index (χ0n) is 12.6. The summed E-state index contributed by atoms with van der Waals surface area (Å²) in [7, 11) is 0. The van der Waals surface area contributed by atoms with Crippen LogP contribution in [0.2, 0.25) is 0 Å². The van der Waals surface area contributed by atoms with E-state index in [0.717, 1.165) is 19.5 Å². The van der Waals surface area contributed by atoms with Gasteiger partial charge in [0.25, 0.3) is 0 Å². The van der Waals surface area contributed by atoms with Crippen LogP contribution in [0.4, 0.5) is 0 Å². The highest BCUT2D eigenvalue weighted by molar-refractivity contribution is 5.68. The molecule has 1 saturated heterocycles. The number of ether oxygens (including phenoxy) is 2. The Morgan fingerprint density at radius 2 is 2.24 bits per heavy atom. The average Bonchev–Trinajstić information content (AvgIpc) is 2.46. The third kappa shape index (κ3) is 4.63. The molecule has 5 heteroatoms. The summed E-state index contributed by atoms with van der Waals surface area (Å²) in [6, 6.07) is 5.79. The van der Waals surface area contributed by atoms with Crippen molar-refractivity contribution >= 4 is 5.97 Å². The van der Waals surface area contributed by atoms with Crippen molar-refractivity contribution in [2.45, 2.75) is 38.7 Å². The third-order valence-electron chi connectivity index (χ3n) is 3.45. The van der Waals surface area contributed by atoms with Crippen LogP contribution in [-0.2, 0) is 4.79 Å². The van der Waals surface area contributed by atoms with Crippen molar-refractivity contribution in [3.05, 3.63) is 23.8 Å². The first-order chi connectivity index (χ1) is 10.1. The Labute approximate surface area is 125 Å². The lowest BCUT2D eigenvalue weighted by Gasteiger charge is -2.24. The van der Waals surface area contributed by atoms with Gasteiger partial charge in [0.1, 0.15) is 0 Å². The number of nitrogens with one attached hydrogen (secondary N) is 1. The van der Waals surface area contributed by atoms with Gasteiger partial charge in [0.05, 0.1) is 6.10 Å². The van der Waals surface area contributed by atoms with E-state index in [4.69, 9.17) is 14.6 Å². The Balaban J connectivity index is 2.18. The van der Waals surface area contributed by atoms with Gasteiger partial charge >= 0.3 is 5.97 Å². The fourth-order valence-corrected chi connectivity index (χ4v) is 2.52. The maximum Gasteiger partial charge on any atom is 0.341 e. The molecule has 1 fully saturated rings. The molecule has 1 heterocycles. The molecule has 0 aromatic heterocycles. The number of aliphatic carboxylic acids is 1. The Morgan fingerprint density at radius 3 is 2.86 bits per heavy atom. The number of piperidine rings is 1. The monoisotopic (exact) mass is 293 g/mol. The van der Waals surface area contributed by atoms with E-state index in [9.17, 15) is 4.79 Å². The minimum atomic E-state index is -0.994. The molecule has 116 valence electrons. The van der Waals surface area contributed by atoms with E-state index in [-0.39, 0.29) is 12.7 Å². The van der Waals surface area contributed by atoms with E-state index < -0.39 is 5.97 Å². The molecule has 1 aliphatic heterocycles. The summed E-state index contributed by atoms with van der Waals surface area (Å²) in [6.45, 7) is 5.56. The summed E-state index contributed by atoms with van der Waals surface area (Å²) in [5.74, 6) is 0.584. The van der Waals surface area contributed by atoms with Gasteiger partial charge in [0.15, 0.2) is 18.1 Å². The average molecular weight is 293 g/mol. The summed E-state index contributed by atoms with van der Waals surface area (Å²) < 4.78 is 11.1. The largest absolute Gasteiger partial charge is 0.487 e. The first kappa shape index (κ1) is 15.6. The number of benzene rings is 1. The lowest BCUT2D eigenvalue weighted by Crippen LogP contribution is -2.28. The smallest absolute Gasteiger partial charge is 0.341 e. The second kappa shape index (κ2) is 7.31. The van der Waals surface area contributed by atoms with E-state index in [0.29, 0.717) is 17.4 Å². The van der Waals surface area contributed by atoms with Gasteiger partial charge in [-0.25, -0.2) is 4.79 Å². The fraction of sp³-hybridized carbons (Fsp3) is 0.562. The van der Waals surface area contributed by atoms with Crippen molar-refractivity contribution in [3.63, 3.8) is 0 Å². The van der Waals surface area contributed by atoms with Crippen LogP contribution in [-0.4, -0.2) is 36.9 Å². The van der Waals surface area contributed by atoms with E-state index >= 15 is 0 Å². The Bertz CT molecular complexity index is 481. The Hall–Kier alpha value is -1.75. The van der Waals surface area contributed by atoms with E-state index in [2.05, 4.69) is 5.32 Å². The molecule has 21 heavy (non-hydrogen) atoms. The lowest BCUT2D eigenvalue weighted by molar-refractivity contribution is -0.139. The molecule has 0 spiro atoms. The second-order valence-electron chi connectivity index (χ2n) is 5.60. The maximum atomic E-state index is 10.6. The van der Waals surface area contributed by atoms with Crippen LogP contribution in [0.15, 0.2) is 18.2 Å². The Kier molecular flexibility index (Phi) is 5.44. The molecule has 1 unspecified atom stereocenters. The zero-order chi connectivity index (χ0) is 15.2. The number of rotatable bonds is 6. The predicted molar refractivity (Wildman–Crippen MR) is 80.2 cm³/mol. The molecule has 1 aliphatic rings. The number of carboxylic acids is 1. The minimum absolute atomic E-state index is 0.0110. The number of hydrogen-bond donors (Lipinski definition) is 2.